The minimum absolute atomic E-state index is 0.354. The molecule has 8 nitrogen and oxygen atoms in total. The maximum Gasteiger partial charge on any atom is 0.230 e. The van der Waals surface area contributed by atoms with Crippen LogP contribution in [-0.2, 0) is 13.0 Å². The SMILES string of the molecule is Cc1ncc2c(c1-c1noc(C3CCN(C)CC3)n1)CCN(c1cnccn1)C2. The molecule has 2 aliphatic rings. The molecule has 5 heterocycles. The third-order valence-corrected chi connectivity index (χ3v) is 6.06. The third kappa shape index (κ3) is 3.48. The van der Waals surface area contributed by atoms with Crippen LogP contribution < -0.4 is 4.90 Å². The van der Waals surface area contributed by atoms with Crippen LogP contribution in [-0.4, -0.2) is 56.7 Å². The molecule has 3 aromatic heterocycles. The number of rotatable bonds is 3. The molecule has 0 unspecified atom stereocenters. The average Bonchev–Trinajstić information content (AvgIpc) is 3.24. The molecular weight excluding hydrogens is 366 g/mol. The van der Waals surface area contributed by atoms with Crippen LogP contribution in [0.5, 0.6) is 0 Å². The zero-order valence-electron chi connectivity index (χ0n) is 16.9. The number of likely N-dealkylation sites (tertiary alicyclic amines) is 1. The van der Waals surface area contributed by atoms with Crippen molar-refractivity contribution in [2.45, 2.75) is 38.6 Å². The van der Waals surface area contributed by atoms with E-state index in [-0.39, 0.29) is 0 Å². The summed E-state index contributed by atoms with van der Waals surface area (Å²) in [5.41, 5.74) is 4.44. The van der Waals surface area contributed by atoms with Crippen molar-refractivity contribution in [1.82, 2.24) is 30.0 Å². The van der Waals surface area contributed by atoms with E-state index in [2.05, 4.69) is 37.0 Å². The van der Waals surface area contributed by atoms with Crippen LogP contribution >= 0.6 is 0 Å². The molecule has 3 aromatic rings. The Morgan fingerprint density at radius 1 is 1.07 bits per heavy atom. The lowest BCUT2D eigenvalue weighted by atomic mass is 9.94. The Kier molecular flexibility index (Phi) is 4.71. The largest absolute Gasteiger partial charge is 0.351 e. The number of fused-ring (bicyclic) bond motifs is 1. The van der Waals surface area contributed by atoms with E-state index >= 15 is 0 Å². The van der Waals surface area contributed by atoms with Gasteiger partial charge in [0.15, 0.2) is 0 Å². The molecule has 0 atom stereocenters. The maximum absolute atomic E-state index is 5.69. The lowest BCUT2D eigenvalue weighted by molar-refractivity contribution is 0.227. The van der Waals surface area contributed by atoms with E-state index in [1.54, 1.807) is 18.6 Å². The number of hydrogen-bond acceptors (Lipinski definition) is 8. The summed E-state index contributed by atoms with van der Waals surface area (Å²) >= 11 is 0. The molecule has 0 amide bonds. The quantitative estimate of drug-likeness (QED) is 0.674. The number of hydrogen-bond donors (Lipinski definition) is 0. The zero-order chi connectivity index (χ0) is 19.8. The van der Waals surface area contributed by atoms with E-state index in [1.165, 1.54) is 11.1 Å². The van der Waals surface area contributed by atoms with Crippen LogP contribution in [0.2, 0.25) is 0 Å². The van der Waals surface area contributed by atoms with E-state index in [9.17, 15) is 0 Å². The molecule has 0 N–H and O–H groups in total. The van der Waals surface area contributed by atoms with Gasteiger partial charge in [-0.25, -0.2) is 4.98 Å². The predicted octanol–water partition coefficient (Wildman–Crippen LogP) is 2.60. The molecule has 1 saturated heterocycles. The van der Waals surface area contributed by atoms with Gasteiger partial charge in [-0.3, -0.25) is 9.97 Å². The molecule has 5 rings (SSSR count). The van der Waals surface area contributed by atoms with Crippen LogP contribution in [0.25, 0.3) is 11.4 Å². The summed E-state index contributed by atoms with van der Waals surface area (Å²) in [6.45, 7) is 5.80. The van der Waals surface area contributed by atoms with Crippen molar-refractivity contribution in [2.75, 3.05) is 31.6 Å². The monoisotopic (exact) mass is 391 g/mol. The van der Waals surface area contributed by atoms with Crippen molar-refractivity contribution in [3.63, 3.8) is 0 Å². The summed E-state index contributed by atoms with van der Waals surface area (Å²) in [4.78, 5) is 22.6. The third-order valence-electron chi connectivity index (χ3n) is 6.06. The summed E-state index contributed by atoms with van der Waals surface area (Å²) in [6.07, 6.45) is 10.2. The van der Waals surface area contributed by atoms with Crippen molar-refractivity contribution in [1.29, 1.82) is 0 Å². The first kappa shape index (κ1) is 18.2. The highest BCUT2D eigenvalue weighted by molar-refractivity contribution is 5.65. The highest BCUT2D eigenvalue weighted by Crippen LogP contribution is 2.33. The van der Waals surface area contributed by atoms with Crippen LogP contribution in [0.1, 0.15) is 41.5 Å². The van der Waals surface area contributed by atoms with Gasteiger partial charge >= 0.3 is 0 Å². The highest BCUT2D eigenvalue weighted by Gasteiger charge is 2.27. The Morgan fingerprint density at radius 3 is 2.72 bits per heavy atom. The molecule has 0 radical (unpaired) electrons. The van der Waals surface area contributed by atoms with Gasteiger partial charge in [-0.15, -0.1) is 0 Å². The van der Waals surface area contributed by atoms with Crippen LogP contribution in [0.4, 0.5) is 5.82 Å². The summed E-state index contributed by atoms with van der Waals surface area (Å²) in [7, 11) is 2.16. The Hall–Kier alpha value is -2.87. The van der Waals surface area contributed by atoms with E-state index in [1.807, 2.05) is 13.1 Å². The van der Waals surface area contributed by atoms with Crippen molar-refractivity contribution < 1.29 is 4.52 Å². The molecule has 0 saturated carbocycles. The highest BCUT2D eigenvalue weighted by atomic mass is 16.5. The van der Waals surface area contributed by atoms with Gasteiger partial charge in [-0.2, -0.15) is 4.98 Å². The fourth-order valence-corrected chi connectivity index (χ4v) is 4.35. The summed E-state index contributed by atoms with van der Waals surface area (Å²) in [6, 6.07) is 0. The first-order chi connectivity index (χ1) is 14.2. The molecule has 0 aliphatic carbocycles. The predicted molar refractivity (Wildman–Crippen MR) is 109 cm³/mol. The molecule has 0 bridgehead atoms. The van der Waals surface area contributed by atoms with Gasteiger partial charge in [-0.05, 0) is 57.5 Å². The Bertz CT molecular complexity index is 996. The van der Waals surface area contributed by atoms with Gasteiger partial charge in [-0.1, -0.05) is 5.16 Å². The minimum atomic E-state index is 0.354. The lowest BCUT2D eigenvalue weighted by Crippen LogP contribution is -2.31. The number of pyridine rings is 1. The topological polar surface area (TPSA) is 84.1 Å². The van der Waals surface area contributed by atoms with E-state index in [0.29, 0.717) is 11.7 Å². The van der Waals surface area contributed by atoms with Gasteiger partial charge < -0.3 is 14.3 Å². The smallest absolute Gasteiger partial charge is 0.230 e. The molecule has 2 aliphatic heterocycles. The van der Waals surface area contributed by atoms with Crippen LogP contribution in [0, 0.1) is 6.92 Å². The van der Waals surface area contributed by atoms with Gasteiger partial charge in [0.25, 0.3) is 0 Å². The van der Waals surface area contributed by atoms with Gasteiger partial charge in [0.1, 0.15) is 5.82 Å². The molecule has 0 aromatic carbocycles. The van der Waals surface area contributed by atoms with E-state index in [4.69, 9.17) is 9.51 Å². The summed E-state index contributed by atoms with van der Waals surface area (Å²) in [5.74, 6) is 2.69. The molecule has 29 heavy (non-hydrogen) atoms. The second-order valence-corrected chi connectivity index (χ2v) is 7.99. The number of anilines is 1. The Labute approximate surface area is 170 Å². The fourth-order valence-electron chi connectivity index (χ4n) is 4.35. The van der Waals surface area contributed by atoms with Crippen molar-refractivity contribution >= 4 is 5.82 Å². The molecule has 150 valence electrons. The summed E-state index contributed by atoms with van der Waals surface area (Å²) in [5, 5.41) is 4.35. The number of nitrogens with zero attached hydrogens (tertiary/aromatic N) is 7. The van der Waals surface area contributed by atoms with Crippen LogP contribution in [0.3, 0.4) is 0 Å². The second kappa shape index (κ2) is 7.51. The average molecular weight is 391 g/mol. The standard InChI is InChI=1S/C21H25N7O/c1-14-19(20-25-21(29-26-20)15-3-8-27(2)9-4-15)17-5-10-28(13-16(17)11-24-14)18-12-22-6-7-23-18/h6-7,11-12,15H,3-5,8-10,13H2,1-2H3. The minimum Gasteiger partial charge on any atom is -0.351 e. The molecule has 0 spiro atoms. The van der Waals surface area contributed by atoms with Crippen molar-refractivity contribution in [3.8, 4) is 11.4 Å². The fraction of sp³-hybridized carbons (Fsp3) is 0.476. The number of aromatic nitrogens is 5. The number of aryl methyl sites for hydroxylation is 1. The van der Waals surface area contributed by atoms with Crippen molar-refractivity contribution in [2.24, 2.45) is 0 Å². The molecular formula is C21H25N7O. The Morgan fingerprint density at radius 2 is 1.93 bits per heavy atom. The molecule has 1 fully saturated rings. The molecule has 8 heteroatoms. The number of piperidine rings is 1. The second-order valence-electron chi connectivity index (χ2n) is 7.99. The maximum atomic E-state index is 5.69. The van der Waals surface area contributed by atoms with E-state index < -0.39 is 0 Å². The first-order valence-corrected chi connectivity index (χ1v) is 10.2. The van der Waals surface area contributed by atoms with E-state index in [0.717, 1.165) is 68.4 Å². The van der Waals surface area contributed by atoms with Crippen LogP contribution in [0.15, 0.2) is 29.3 Å². The summed E-state index contributed by atoms with van der Waals surface area (Å²) < 4.78 is 5.69. The lowest BCUT2D eigenvalue weighted by Gasteiger charge is -2.30. The van der Waals surface area contributed by atoms with Crippen molar-refractivity contribution in [3.05, 3.63) is 47.5 Å². The first-order valence-electron chi connectivity index (χ1n) is 10.2. The normalized spacial score (nSPS) is 18.1. The van der Waals surface area contributed by atoms with Gasteiger partial charge in [0.2, 0.25) is 11.7 Å². The Balaban J connectivity index is 1.44. The zero-order valence-corrected chi connectivity index (χ0v) is 16.9. The van der Waals surface area contributed by atoms with Gasteiger partial charge in [0.05, 0.1) is 6.20 Å². The van der Waals surface area contributed by atoms with Gasteiger partial charge in [0, 0.05) is 48.9 Å².